The number of anilines is 1. The number of nitrogen functional groups attached to an aromatic ring is 1. The van der Waals surface area contributed by atoms with Crippen LogP contribution in [0.4, 0.5) is 10.2 Å². The summed E-state index contributed by atoms with van der Waals surface area (Å²) in [5.41, 5.74) is 10.3. The third kappa shape index (κ3) is 4.77. The molecule has 0 saturated heterocycles. The Balaban J connectivity index is 1.93. The van der Waals surface area contributed by atoms with Gasteiger partial charge in [-0.05, 0) is 60.9 Å². The third-order valence-corrected chi connectivity index (χ3v) is 5.11. The predicted molar refractivity (Wildman–Crippen MR) is 119 cm³/mol. The summed E-state index contributed by atoms with van der Waals surface area (Å²) in [4.78, 5) is 4.42. The minimum atomic E-state index is -0.316. The van der Waals surface area contributed by atoms with E-state index in [1.165, 1.54) is 31.4 Å². The van der Waals surface area contributed by atoms with Gasteiger partial charge in [0.25, 0.3) is 0 Å². The van der Waals surface area contributed by atoms with Crippen LogP contribution in [0.25, 0.3) is 22.4 Å². The summed E-state index contributed by atoms with van der Waals surface area (Å²) in [5, 5.41) is 9.68. The molecule has 4 nitrogen and oxygen atoms in total. The Morgan fingerprint density at radius 1 is 1.00 bits per heavy atom. The number of pyridine rings is 1. The maximum Gasteiger partial charge on any atom is 0.142 e. The molecule has 1 aromatic heterocycles. The summed E-state index contributed by atoms with van der Waals surface area (Å²) in [6.07, 6.45) is 4.62. The molecule has 0 aliphatic heterocycles. The minimum absolute atomic E-state index is 0.161. The number of nitriles is 1. The summed E-state index contributed by atoms with van der Waals surface area (Å²) in [6, 6.07) is 15.9. The van der Waals surface area contributed by atoms with Crippen LogP contribution in [0.2, 0.25) is 0 Å². The lowest BCUT2D eigenvalue weighted by atomic mass is 9.93. The monoisotopic (exact) mass is 403 g/mol. The van der Waals surface area contributed by atoms with E-state index < -0.39 is 0 Å². The first-order valence-electron chi connectivity index (χ1n) is 10.2. The zero-order valence-electron chi connectivity index (χ0n) is 17.4. The number of benzene rings is 2. The average molecular weight is 404 g/mol. The maximum absolute atomic E-state index is 13.3. The van der Waals surface area contributed by atoms with E-state index in [4.69, 9.17) is 10.5 Å². The van der Waals surface area contributed by atoms with Crippen molar-refractivity contribution in [3.8, 4) is 34.2 Å². The minimum Gasteiger partial charge on any atom is -0.494 e. The number of nitrogens with two attached hydrogens (primary N) is 1. The van der Waals surface area contributed by atoms with Gasteiger partial charge in [0.05, 0.1) is 12.3 Å². The van der Waals surface area contributed by atoms with Crippen LogP contribution in [0.3, 0.4) is 0 Å². The number of ether oxygens (including phenoxy) is 1. The number of unbranched alkanes of at least 4 members (excludes halogenated alkanes) is 3. The first-order chi connectivity index (χ1) is 14.5. The lowest BCUT2D eigenvalue weighted by Gasteiger charge is -2.15. The molecule has 3 rings (SSSR count). The van der Waals surface area contributed by atoms with E-state index in [2.05, 4.69) is 18.0 Å². The van der Waals surface area contributed by atoms with Crippen LogP contribution in [0.1, 0.15) is 43.7 Å². The molecule has 30 heavy (non-hydrogen) atoms. The molecule has 0 atom stereocenters. The van der Waals surface area contributed by atoms with Crippen LogP contribution in [0.15, 0.2) is 48.5 Å². The van der Waals surface area contributed by atoms with Gasteiger partial charge in [-0.1, -0.05) is 38.3 Å². The first-order valence-corrected chi connectivity index (χ1v) is 10.2. The molecule has 0 spiro atoms. The summed E-state index contributed by atoms with van der Waals surface area (Å²) >= 11 is 0. The molecule has 3 aromatic rings. The molecule has 0 unspecified atom stereocenters. The highest BCUT2D eigenvalue weighted by molar-refractivity contribution is 5.84. The Kier molecular flexibility index (Phi) is 7.03. The fourth-order valence-electron chi connectivity index (χ4n) is 3.49. The maximum atomic E-state index is 13.3. The van der Waals surface area contributed by atoms with Crippen molar-refractivity contribution in [1.82, 2.24) is 4.98 Å². The Hall–Kier alpha value is -3.39. The number of hydrogen-bond donors (Lipinski definition) is 1. The second-order valence-electron chi connectivity index (χ2n) is 7.27. The van der Waals surface area contributed by atoms with E-state index >= 15 is 0 Å². The third-order valence-electron chi connectivity index (χ3n) is 5.11. The molecule has 2 aromatic carbocycles. The van der Waals surface area contributed by atoms with Crippen molar-refractivity contribution in [2.75, 3.05) is 12.3 Å². The highest BCUT2D eigenvalue weighted by Crippen LogP contribution is 2.36. The number of rotatable bonds is 8. The van der Waals surface area contributed by atoms with Gasteiger partial charge >= 0.3 is 0 Å². The Bertz CT molecular complexity index is 1040. The van der Waals surface area contributed by atoms with Crippen LogP contribution in [-0.4, -0.2) is 11.6 Å². The molecule has 154 valence electrons. The smallest absolute Gasteiger partial charge is 0.142 e. The van der Waals surface area contributed by atoms with Gasteiger partial charge < -0.3 is 10.5 Å². The van der Waals surface area contributed by atoms with Crippen molar-refractivity contribution in [3.05, 3.63) is 65.5 Å². The lowest BCUT2D eigenvalue weighted by Crippen LogP contribution is -2.03. The summed E-state index contributed by atoms with van der Waals surface area (Å²) in [6.45, 7) is 4.78. The highest BCUT2D eigenvalue weighted by Gasteiger charge is 2.18. The standard InChI is InChI=1S/C25H26FN3O/c1-3-4-5-6-15-30-21-13-9-18(10-14-21)23-17(2)24(29-25(28)22(23)16-27)19-7-11-20(26)12-8-19/h7-14H,3-6,15H2,1-2H3,(H2,28,29). The van der Waals surface area contributed by atoms with E-state index in [-0.39, 0.29) is 11.6 Å². The van der Waals surface area contributed by atoms with Gasteiger partial charge in [-0.15, -0.1) is 0 Å². The van der Waals surface area contributed by atoms with E-state index in [1.54, 1.807) is 12.1 Å². The van der Waals surface area contributed by atoms with Crippen LogP contribution in [-0.2, 0) is 0 Å². The number of nitrogens with zero attached hydrogens (tertiary/aromatic N) is 2. The van der Waals surface area contributed by atoms with E-state index in [9.17, 15) is 9.65 Å². The Morgan fingerprint density at radius 2 is 1.67 bits per heavy atom. The lowest BCUT2D eigenvalue weighted by molar-refractivity contribution is 0.305. The van der Waals surface area contributed by atoms with Gasteiger partial charge in [0.15, 0.2) is 0 Å². The molecule has 0 saturated carbocycles. The predicted octanol–water partition coefficient (Wildman–Crippen LogP) is 6.28. The van der Waals surface area contributed by atoms with Gasteiger partial charge in [0.2, 0.25) is 0 Å². The van der Waals surface area contributed by atoms with Crippen molar-refractivity contribution in [1.29, 1.82) is 5.26 Å². The molecule has 5 heteroatoms. The number of halogens is 1. The largest absolute Gasteiger partial charge is 0.494 e. The zero-order chi connectivity index (χ0) is 21.5. The van der Waals surface area contributed by atoms with Crippen LogP contribution in [0, 0.1) is 24.1 Å². The SMILES string of the molecule is CCCCCCOc1ccc(-c2c(C)c(-c3ccc(F)cc3)nc(N)c2C#N)cc1. The quantitative estimate of drug-likeness (QED) is 0.450. The molecule has 2 N–H and O–H groups in total. The number of hydrogen-bond acceptors (Lipinski definition) is 4. The van der Waals surface area contributed by atoms with Crippen LogP contribution in [0.5, 0.6) is 5.75 Å². The van der Waals surface area contributed by atoms with Crippen molar-refractivity contribution in [3.63, 3.8) is 0 Å². The summed E-state index contributed by atoms with van der Waals surface area (Å²) < 4.78 is 19.2. The zero-order valence-corrected chi connectivity index (χ0v) is 17.4. The van der Waals surface area contributed by atoms with Crippen molar-refractivity contribution in [2.45, 2.75) is 39.5 Å². The molecule has 0 aliphatic rings. The second kappa shape index (κ2) is 9.89. The number of aromatic nitrogens is 1. The van der Waals surface area contributed by atoms with E-state index in [0.717, 1.165) is 34.4 Å². The van der Waals surface area contributed by atoms with Gasteiger partial charge in [0, 0.05) is 11.1 Å². The van der Waals surface area contributed by atoms with Gasteiger partial charge in [-0.2, -0.15) is 5.26 Å². The molecule has 0 aliphatic carbocycles. The fraction of sp³-hybridized carbons (Fsp3) is 0.280. The molecule has 0 amide bonds. The molecule has 0 bridgehead atoms. The van der Waals surface area contributed by atoms with Crippen molar-refractivity contribution in [2.24, 2.45) is 0 Å². The topological polar surface area (TPSA) is 71.9 Å². The fourth-order valence-corrected chi connectivity index (χ4v) is 3.49. The van der Waals surface area contributed by atoms with Gasteiger partial charge in [0.1, 0.15) is 29.0 Å². The molecular formula is C25H26FN3O. The molecule has 1 heterocycles. The Labute approximate surface area is 177 Å². The normalized spacial score (nSPS) is 10.6. The Morgan fingerprint density at radius 3 is 2.30 bits per heavy atom. The van der Waals surface area contributed by atoms with Gasteiger partial charge in [-0.3, -0.25) is 0 Å². The van der Waals surface area contributed by atoms with Crippen LogP contribution >= 0.6 is 0 Å². The summed E-state index contributed by atoms with van der Waals surface area (Å²) in [7, 11) is 0. The van der Waals surface area contributed by atoms with Crippen LogP contribution < -0.4 is 10.5 Å². The molecule has 0 fully saturated rings. The summed E-state index contributed by atoms with van der Waals surface area (Å²) in [5.74, 6) is 0.643. The van der Waals surface area contributed by atoms with E-state index in [1.807, 2.05) is 31.2 Å². The van der Waals surface area contributed by atoms with Crippen molar-refractivity contribution < 1.29 is 9.13 Å². The van der Waals surface area contributed by atoms with E-state index in [0.29, 0.717) is 17.9 Å². The molecular weight excluding hydrogens is 377 g/mol. The van der Waals surface area contributed by atoms with Crippen molar-refractivity contribution >= 4 is 5.82 Å². The second-order valence-corrected chi connectivity index (χ2v) is 7.27. The highest BCUT2D eigenvalue weighted by atomic mass is 19.1. The average Bonchev–Trinajstić information content (AvgIpc) is 2.76. The first kappa shape index (κ1) is 21.3. The van der Waals surface area contributed by atoms with Gasteiger partial charge in [-0.25, -0.2) is 9.37 Å². The molecule has 0 radical (unpaired) electrons.